The number of methoxy groups -OCH3 is 1. The Kier molecular flexibility index (Phi) is 4.20. The van der Waals surface area contributed by atoms with E-state index >= 15 is 0 Å². The van der Waals surface area contributed by atoms with Gasteiger partial charge in [-0.3, -0.25) is 10.4 Å². The fourth-order valence-corrected chi connectivity index (χ4v) is 2.01. The molecule has 0 spiro atoms. The van der Waals surface area contributed by atoms with Gasteiger partial charge in [0.1, 0.15) is 11.6 Å². The number of benzene rings is 1. The average molecular weight is 270 g/mol. The van der Waals surface area contributed by atoms with Gasteiger partial charge in [-0.05, 0) is 23.8 Å². The van der Waals surface area contributed by atoms with Crippen molar-refractivity contribution < 1.29 is 4.74 Å². The van der Waals surface area contributed by atoms with E-state index in [2.05, 4.69) is 4.98 Å². The lowest BCUT2D eigenvalue weighted by Gasteiger charge is -2.21. The molecule has 0 aliphatic heterocycles. The predicted molar refractivity (Wildman–Crippen MR) is 80.4 cm³/mol. The summed E-state index contributed by atoms with van der Waals surface area (Å²) >= 11 is 0. The summed E-state index contributed by atoms with van der Waals surface area (Å²) in [6.45, 7) is 0.704. The van der Waals surface area contributed by atoms with Gasteiger partial charge in [-0.25, -0.2) is 0 Å². The first-order valence-electron chi connectivity index (χ1n) is 6.24. The molecule has 0 atom stereocenters. The number of hydrogen-bond acceptors (Lipinski definition) is 4. The first-order valence-corrected chi connectivity index (χ1v) is 6.24. The zero-order valence-corrected chi connectivity index (χ0v) is 11.6. The largest absolute Gasteiger partial charge is 0.497 e. The topological polar surface area (TPSA) is 75.2 Å². The van der Waals surface area contributed by atoms with E-state index in [-0.39, 0.29) is 5.84 Å². The minimum absolute atomic E-state index is 0.0454. The molecule has 2 aromatic rings. The van der Waals surface area contributed by atoms with Gasteiger partial charge in [-0.15, -0.1) is 0 Å². The molecule has 5 nitrogen and oxygen atoms in total. The summed E-state index contributed by atoms with van der Waals surface area (Å²) in [5, 5.41) is 7.61. The van der Waals surface area contributed by atoms with E-state index in [0.717, 1.165) is 17.0 Å². The van der Waals surface area contributed by atoms with Gasteiger partial charge in [0.15, 0.2) is 0 Å². The maximum absolute atomic E-state index is 7.61. The molecule has 104 valence electrons. The van der Waals surface area contributed by atoms with Crippen LogP contribution in [0.4, 0.5) is 5.69 Å². The predicted octanol–water partition coefficient (Wildman–Crippen LogP) is 2.01. The third-order valence-corrected chi connectivity index (χ3v) is 3.08. The minimum atomic E-state index is 0.0454. The highest BCUT2D eigenvalue weighted by Crippen LogP contribution is 2.20. The molecule has 0 unspecified atom stereocenters. The van der Waals surface area contributed by atoms with Gasteiger partial charge in [0.25, 0.3) is 0 Å². The Hall–Kier alpha value is -2.56. The third-order valence-electron chi connectivity index (χ3n) is 3.08. The number of aromatic nitrogens is 1. The van der Waals surface area contributed by atoms with Crippen LogP contribution in [0.5, 0.6) is 5.75 Å². The average Bonchev–Trinajstić information content (AvgIpc) is 2.48. The number of amidine groups is 1. The smallest absolute Gasteiger partial charge is 0.125 e. The zero-order valence-electron chi connectivity index (χ0n) is 11.6. The maximum atomic E-state index is 7.61. The Balaban J connectivity index is 2.19. The number of rotatable bonds is 5. The Labute approximate surface area is 118 Å². The molecule has 5 heteroatoms. The summed E-state index contributed by atoms with van der Waals surface area (Å²) in [5.41, 5.74) is 8.28. The molecule has 0 fully saturated rings. The van der Waals surface area contributed by atoms with E-state index in [1.165, 1.54) is 0 Å². The summed E-state index contributed by atoms with van der Waals surface area (Å²) in [6, 6.07) is 9.64. The van der Waals surface area contributed by atoms with E-state index in [0.29, 0.717) is 12.1 Å². The number of anilines is 1. The molecule has 0 saturated carbocycles. The molecule has 0 amide bonds. The highest BCUT2D eigenvalue weighted by atomic mass is 16.5. The van der Waals surface area contributed by atoms with E-state index in [1.54, 1.807) is 25.6 Å². The highest BCUT2D eigenvalue weighted by Gasteiger charge is 2.10. The van der Waals surface area contributed by atoms with Gasteiger partial charge >= 0.3 is 0 Å². The maximum Gasteiger partial charge on any atom is 0.125 e. The van der Waals surface area contributed by atoms with Gasteiger partial charge in [0.2, 0.25) is 0 Å². The quantitative estimate of drug-likeness (QED) is 0.643. The minimum Gasteiger partial charge on any atom is -0.497 e. The fourth-order valence-electron chi connectivity index (χ4n) is 2.01. The number of nitrogen functional groups attached to an aromatic ring is 1. The molecule has 1 heterocycles. The van der Waals surface area contributed by atoms with Crippen molar-refractivity contribution in [2.75, 3.05) is 19.1 Å². The number of nitrogens with two attached hydrogens (primary N) is 1. The molecule has 2 rings (SSSR count). The molecule has 0 aliphatic rings. The van der Waals surface area contributed by atoms with Gasteiger partial charge < -0.3 is 15.4 Å². The number of nitrogens with one attached hydrogen (secondary N) is 1. The van der Waals surface area contributed by atoms with Gasteiger partial charge in [-0.1, -0.05) is 12.1 Å². The summed E-state index contributed by atoms with van der Waals surface area (Å²) < 4.78 is 5.14. The molecule has 1 aromatic heterocycles. The Bertz CT molecular complexity index is 595. The lowest BCUT2D eigenvalue weighted by molar-refractivity contribution is 0.414. The molecule has 3 N–H and O–H groups in total. The standard InChI is InChI=1S/C15H18N4O/c1-19(10-11-3-5-12(20-2)6-4-11)14-9-18-8-7-13(14)15(16)17/h3-9H,10H2,1-2H3,(H3,16,17). The molecular weight excluding hydrogens is 252 g/mol. The SMILES string of the molecule is COc1ccc(CN(C)c2cnccc2C(=N)N)cc1. The molecule has 1 aromatic carbocycles. The van der Waals surface area contributed by atoms with Crippen molar-refractivity contribution >= 4 is 11.5 Å². The van der Waals surface area contributed by atoms with Crippen LogP contribution < -0.4 is 15.4 Å². The molecule has 0 radical (unpaired) electrons. The first-order chi connectivity index (χ1) is 9.61. The van der Waals surface area contributed by atoms with Crippen LogP contribution >= 0.6 is 0 Å². The second-order valence-corrected chi connectivity index (χ2v) is 4.51. The molecule has 20 heavy (non-hydrogen) atoms. The lowest BCUT2D eigenvalue weighted by Crippen LogP contribution is -2.22. The van der Waals surface area contributed by atoms with Crippen molar-refractivity contribution in [1.82, 2.24) is 4.98 Å². The van der Waals surface area contributed by atoms with Crippen LogP contribution in [0, 0.1) is 5.41 Å². The Morgan fingerprint density at radius 1 is 1.30 bits per heavy atom. The van der Waals surface area contributed by atoms with Crippen molar-refractivity contribution in [3.8, 4) is 5.75 Å². The van der Waals surface area contributed by atoms with Gasteiger partial charge in [0, 0.05) is 25.4 Å². The van der Waals surface area contributed by atoms with Gasteiger partial charge in [0.05, 0.1) is 19.0 Å². The van der Waals surface area contributed by atoms with Crippen molar-refractivity contribution in [3.63, 3.8) is 0 Å². The summed E-state index contributed by atoms with van der Waals surface area (Å²) in [6.07, 6.45) is 3.36. The number of hydrogen-bond donors (Lipinski definition) is 2. The summed E-state index contributed by atoms with van der Waals surface area (Å²) in [4.78, 5) is 6.12. The van der Waals surface area contributed by atoms with Crippen molar-refractivity contribution in [2.24, 2.45) is 5.73 Å². The molecule has 0 bridgehead atoms. The van der Waals surface area contributed by atoms with Crippen molar-refractivity contribution in [1.29, 1.82) is 5.41 Å². The van der Waals surface area contributed by atoms with Crippen LogP contribution in [0.3, 0.4) is 0 Å². The van der Waals surface area contributed by atoms with Crippen molar-refractivity contribution in [2.45, 2.75) is 6.54 Å². The summed E-state index contributed by atoms with van der Waals surface area (Å²) in [7, 11) is 3.60. The first kappa shape index (κ1) is 13.9. The molecular formula is C15H18N4O. The summed E-state index contributed by atoms with van der Waals surface area (Å²) in [5.74, 6) is 0.881. The second kappa shape index (κ2) is 6.06. The Morgan fingerprint density at radius 3 is 2.60 bits per heavy atom. The third kappa shape index (κ3) is 3.06. The number of nitrogens with zero attached hydrogens (tertiary/aromatic N) is 2. The highest BCUT2D eigenvalue weighted by molar-refractivity contribution is 6.00. The fraction of sp³-hybridized carbons (Fsp3) is 0.200. The van der Waals surface area contributed by atoms with E-state index in [4.69, 9.17) is 15.9 Å². The van der Waals surface area contributed by atoms with E-state index in [9.17, 15) is 0 Å². The number of pyridine rings is 1. The van der Waals surface area contributed by atoms with E-state index in [1.807, 2.05) is 36.2 Å². The monoisotopic (exact) mass is 270 g/mol. The van der Waals surface area contributed by atoms with Crippen LogP contribution in [-0.4, -0.2) is 25.0 Å². The number of ether oxygens (including phenoxy) is 1. The van der Waals surface area contributed by atoms with Crippen LogP contribution in [0.15, 0.2) is 42.7 Å². The molecule has 0 aliphatic carbocycles. The second-order valence-electron chi connectivity index (χ2n) is 4.51. The van der Waals surface area contributed by atoms with Crippen LogP contribution in [0.2, 0.25) is 0 Å². The normalized spacial score (nSPS) is 10.1. The molecule has 0 saturated heterocycles. The Morgan fingerprint density at radius 2 is 2.00 bits per heavy atom. The van der Waals surface area contributed by atoms with Crippen molar-refractivity contribution in [3.05, 3.63) is 53.9 Å². The van der Waals surface area contributed by atoms with Crippen LogP contribution in [0.1, 0.15) is 11.1 Å². The lowest BCUT2D eigenvalue weighted by atomic mass is 10.1. The van der Waals surface area contributed by atoms with Gasteiger partial charge in [-0.2, -0.15) is 0 Å². The van der Waals surface area contributed by atoms with E-state index < -0.39 is 0 Å². The van der Waals surface area contributed by atoms with Crippen LogP contribution in [-0.2, 0) is 6.54 Å². The zero-order chi connectivity index (χ0) is 14.5. The van der Waals surface area contributed by atoms with Crippen LogP contribution in [0.25, 0.3) is 0 Å².